The molecule has 1 rings (SSSR count). The lowest BCUT2D eigenvalue weighted by Gasteiger charge is -2.22. The Hall–Kier alpha value is -0.380. The van der Waals surface area contributed by atoms with Gasteiger partial charge in [-0.05, 0) is 74.7 Å². The molecule has 0 aromatic heterocycles. The topological polar surface area (TPSA) is 188 Å². The number of benzene rings is 1. The predicted octanol–water partition coefficient (Wildman–Crippen LogP) is -1.27. The molecule has 8 N–H and O–H groups in total. The summed E-state index contributed by atoms with van der Waals surface area (Å²) in [6.45, 7) is -0.797. The Balaban J connectivity index is 3.71. The Labute approximate surface area is 218 Å². The van der Waals surface area contributed by atoms with Gasteiger partial charge in [-0.15, -0.1) is 0 Å². The maximum Gasteiger partial charge on any atom is 0.255 e. The molecule has 14 heteroatoms. The van der Waals surface area contributed by atoms with Gasteiger partial charge in [0.1, 0.15) is 6.23 Å². The number of amides is 3. The van der Waals surface area contributed by atoms with Crippen LogP contribution in [0, 0.1) is 10.7 Å². The molecule has 0 aliphatic rings. The van der Waals surface area contributed by atoms with Gasteiger partial charge in [-0.1, -0.05) is 0 Å². The molecule has 0 spiro atoms. The van der Waals surface area contributed by atoms with Crippen LogP contribution in [0.1, 0.15) is 38.0 Å². The van der Waals surface area contributed by atoms with E-state index in [0.29, 0.717) is 0 Å². The number of aliphatic hydroxyl groups excluding tert-OH is 5. The molecule has 1 aromatic rings. The molecule has 0 saturated heterocycles. The van der Waals surface area contributed by atoms with E-state index in [4.69, 9.17) is 0 Å². The SMILES string of the molecule is C[C@H](O)NC(=O)c1c(I)c(C(=O)NC(CO)CO)c(I)c(C(=O)NC(CO)CO)c1I. The van der Waals surface area contributed by atoms with Crippen molar-refractivity contribution in [1.82, 2.24) is 16.0 Å². The Morgan fingerprint density at radius 2 is 0.935 bits per heavy atom. The number of halogens is 3. The largest absolute Gasteiger partial charge is 0.394 e. The smallest absolute Gasteiger partial charge is 0.255 e. The summed E-state index contributed by atoms with van der Waals surface area (Å²) < 4.78 is 0.558. The minimum Gasteiger partial charge on any atom is -0.394 e. The molecule has 1 atom stereocenters. The van der Waals surface area contributed by atoms with Gasteiger partial charge in [0.05, 0.1) is 55.2 Å². The average Bonchev–Trinajstić information content (AvgIpc) is 2.69. The van der Waals surface area contributed by atoms with Crippen LogP contribution < -0.4 is 16.0 Å². The molecule has 0 heterocycles. The van der Waals surface area contributed by atoms with Crippen LogP contribution in [-0.2, 0) is 0 Å². The molecule has 0 bridgehead atoms. The van der Waals surface area contributed by atoms with Crippen molar-refractivity contribution in [2.75, 3.05) is 26.4 Å². The lowest BCUT2D eigenvalue weighted by atomic mass is 10.0. The van der Waals surface area contributed by atoms with E-state index >= 15 is 0 Å². The highest BCUT2D eigenvalue weighted by atomic mass is 127. The van der Waals surface area contributed by atoms with Gasteiger partial charge in [-0.3, -0.25) is 14.4 Å². The number of carbonyl (C=O) groups is 3. The van der Waals surface area contributed by atoms with Crippen molar-refractivity contribution in [2.45, 2.75) is 25.2 Å². The standard InChI is InChI=1S/C17H22I3N3O8/c1-6(28)21-15(29)9-12(18)10(16(30)22-7(2-24)3-25)14(20)11(13(9)19)17(31)23-8(4-26)5-27/h6-8,24-28H,2-5H2,1H3,(H,21,29)(H,22,30)(H,23,31)/t6-/m0/s1. The monoisotopic (exact) mass is 777 g/mol. The van der Waals surface area contributed by atoms with E-state index in [1.54, 1.807) is 67.8 Å². The molecule has 0 aliphatic carbocycles. The van der Waals surface area contributed by atoms with Gasteiger partial charge in [0.2, 0.25) is 0 Å². The molecule has 1 aromatic carbocycles. The molecule has 3 amide bonds. The molecule has 0 saturated carbocycles. The van der Waals surface area contributed by atoms with Gasteiger partial charge in [0.15, 0.2) is 0 Å². The lowest BCUT2D eigenvalue weighted by Crippen LogP contribution is -2.43. The van der Waals surface area contributed by atoms with E-state index in [9.17, 15) is 39.9 Å². The van der Waals surface area contributed by atoms with Crippen LogP contribution in [0.3, 0.4) is 0 Å². The van der Waals surface area contributed by atoms with E-state index in [-0.39, 0.29) is 27.4 Å². The van der Waals surface area contributed by atoms with Crippen LogP contribution in [0.15, 0.2) is 0 Å². The summed E-state index contributed by atoms with van der Waals surface area (Å²) in [4.78, 5) is 38.5. The summed E-state index contributed by atoms with van der Waals surface area (Å²) in [6, 6.07) is -1.92. The van der Waals surface area contributed by atoms with Crippen LogP contribution in [0.5, 0.6) is 0 Å². The average molecular weight is 777 g/mol. The zero-order valence-electron chi connectivity index (χ0n) is 16.2. The fourth-order valence-electron chi connectivity index (χ4n) is 2.34. The van der Waals surface area contributed by atoms with Gasteiger partial charge in [0, 0.05) is 10.7 Å². The predicted molar refractivity (Wildman–Crippen MR) is 135 cm³/mol. The maximum absolute atomic E-state index is 12.9. The van der Waals surface area contributed by atoms with Crippen molar-refractivity contribution < 1.29 is 39.9 Å². The number of carbonyl (C=O) groups excluding carboxylic acids is 3. The Morgan fingerprint density at radius 3 is 1.16 bits per heavy atom. The Kier molecular flexibility index (Phi) is 12.3. The number of hydrogen-bond acceptors (Lipinski definition) is 8. The van der Waals surface area contributed by atoms with Gasteiger partial charge in [0.25, 0.3) is 17.7 Å². The molecule has 31 heavy (non-hydrogen) atoms. The fraction of sp³-hybridized carbons (Fsp3) is 0.471. The first-order valence-electron chi connectivity index (χ1n) is 8.78. The van der Waals surface area contributed by atoms with Crippen molar-refractivity contribution in [3.05, 3.63) is 27.4 Å². The first-order chi connectivity index (χ1) is 14.5. The van der Waals surface area contributed by atoms with Crippen molar-refractivity contribution in [3.63, 3.8) is 0 Å². The van der Waals surface area contributed by atoms with Crippen LogP contribution in [-0.4, -0.2) is 88.0 Å². The molecule has 11 nitrogen and oxygen atoms in total. The number of aliphatic hydroxyl groups is 5. The van der Waals surface area contributed by atoms with Gasteiger partial charge < -0.3 is 41.5 Å². The molecule has 0 radical (unpaired) electrons. The van der Waals surface area contributed by atoms with E-state index in [2.05, 4.69) is 16.0 Å². The minimum atomic E-state index is -1.20. The number of hydrogen-bond donors (Lipinski definition) is 8. The quantitative estimate of drug-likeness (QED) is 0.107. The third kappa shape index (κ3) is 7.30. The second kappa shape index (κ2) is 13.4. The van der Waals surface area contributed by atoms with Crippen molar-refractivity contribution >= 4 is 85.5 Å². The first-order valence-corrected chi connectivity index (χ1v) is 12.0. The highest BCUT2D eigenvalue weighted by molar-refractivity contribution is 14.1. The zero-order valence-corrected chi connectivity index (χ0v) is 22.6. The van der Waals surface area contributed by atoms with Gasteiger partial charge in [-0.2, -0.15) is 0 Å². The van der Waals surface area contributed by atoms with Crippen LogP contribution in [0.25, 0.3) is 0 Å². The van der Waals surface area contributed by atoms with Crippen LogP contribution in [0.4, 0.5) is 0 Å². The Bertz CT molecular complexity index is 776. The van der Waals surface area contributed by atoms with Crippen LogP contribution in [0.2, 0.25) is 0 Å². The molecule has 0 fully saturated rings. The van der Waals surface area contributed by atoms with E-state index in [1.165, 1.54) is 6.92 Å². The number of rotatable bonds is 10. The second-order valence-electron chi connectivity index (χ2n) is 6.29. The molecular formula is C17H22I3N3O8. The summed E-state index contributed by atoms with van der Waals surface area (Å²) in [7, 11) is 0. The van der Waals surface area contributed by atoms with E-state index in [1.807, 2.05) is 0 Å². The summed E-state index contributed by atoms with van der Waals surface area (Å²) in [5.41, 5.74) is -0.121. The minimum absolute atomic E-state index is 0.0353. The van der Waals surface area contributed by atoms with Crippen molar-refractivity contribution in [2.24, 2.45) is 0 Å². The van der Waals surface area contributed by atoms with Gasteiger partial charge in [-0.25, -0.2) is 0 Å². The third-order valence-electron chi connectivity index (χ3n) is 3.89. The second-order valence-corrected chi connectivity index (χ2v) is 9.52. The zero-order chi connectivity index (χ0) is 23.9. The summed E-state index contributed by atoms with van der Waals surface area (Å²) in [5.74, 6) is -2.20. The fourth-order valence-corrected chi connectivity index (χ4v) is 6.97. The molecular weight excluding hydrogens is 755 g/mol. The van der Waals surface area contributed by atoms with Crippen LogP contribution >= 0.6 is 67.8 Å². The summed E-state index contributed by atoms with van der Waals surface area (Å²) in [5, 5.41) is 53.7. The highest BCUT2D eigenvalue weighted by Crippen LogP contribution is 2.32. The number of nitrogens with one attached hydrogen (secondary N) is 3. The third-order valence-corrected chi connectivity index (χ3v) is 7.13. The Morgan fingerprint density at radius 1 is 0.677 bits per heavy atom. The summed E-state index contributed by atoms with van der Waals surface area (Å²) >= 11 is 5.31. The molecule has 0 aliphatic heterocycles. The molecule has 0 unspecified atom stereocenters. The van der Waals surface area contributed by atoms with Crippen molar-refractivity contribution in [1.29, 1.82) is 0 Å². The van der Waals surface area contributed by atoms with E-state index in [0.717, 1.165) is 0 Å². The maximum atomic E-state index is 12.9. The van der Waals surface area contributed by atoms with Crippen molar-refractivity contribution in [3.8, 4) is 0 Å². The summed E-state index contributed by atoms with van der Waals surface area (Å²) in [6.07, 6.45) is -1.20. The van der Waals surface area contributed by atoms with Gasteiger partial charge >= 0.3 is 0 Å². The first kappa shape index (κ1) is 28.7. The van der Waals surface area contributed by atoms with E-state index < -0.39 is 62.5 Å². The normalized spacial score (nSPS) is 12.1. The lowest BCUT2D eigenvalue weighted by molar-refractivity contribution is 0.0816. The molecule has 174 valence electrons. The highest BCUT2D eigenvalue weighted by Gasteiger charge is 2.31.